The second kappa shape index (κ2) is 7.95. The van der Waals surface area contributed by atoms with E-state index in [1.54, 1.807) is 12.1 Å². The van der Waals surface area contributed by atoms with Gasteiger partial charge in [-0.05, 0) is 69.2 Å². The first-order valence-corrected chi connectivity index (χ1v) is 9.85. The lowest BCUT2D eigenvalue weighted by Crippen LogP contribution is -2.01. The Kier molecular flexibility index (Phi) is 5.89. The SMILES string of the molecule is NC1=NC(=O)C(=Cc2cc(Cl)c(OCc3ccc(Br)cc3)c(Br)c2)S1. The third-order valence-corrected chi connectivity index (χ3v) is 5.46. The van der Waals surface area contributed by atoms with Crippen molar-refractivity contribution in [1.82, 2.24) is 0 Å². The maximum Gasteiger partial charge on any atom is 0.286 e. The van der Waals surface area contributed by atoms with E-state index in [2.05, 4.69) is 36.9 Å². The molecule has 0 fully saturated rings. The third kappa shape index (κ3) is 4.67. The molecule has 25 heavy (non-hydrogen) atoms. The molecule has 2 aromatic carbocycles. The largest absolute Gasteiger partial charge is 0.486 e. The van der Waals surface area contributed by atoms with E-state index in [9.17, 15) is 4.79 Å². The van der Waals surface area contributed by atoms with E-state index in [1.165, 1.54) is 0 Å². The summed E-state index contributed by atoms with van der Waals surface area (Å²) >= 11 is 14.3. The molecule has 0 bridgehead atoms. The molecule has 0 spiro atoms. The lowest BCUT2D eigenvalue weighted by Gasteiger charge is -2.11. The van der Waals surface area contributed by atoms with Crippen LogP contribution in [0.5, 0.6) is 5.75 Å². The third-order valence-electron chi connectivity index (χ3n) is 3.25. The highest BCUT2D eigenvalue weighted by Gasteiger charge is 2.20. The van der Waals surface area contributed by atoms with Crippen molar-refractivity contribution < 1.29 is 9.53 Å². The molecule has 1 aliphatic heterocycles. The van der Waals surface area contributed by atoms with E-state index >= 15 is 0 Å². The molecule has 4 nitrogen and oxygen atoms in total. The van der Waals surface area contributed by atoms with E-state index < -0.39 is 0 Å². The van der Waals surface area contributed by atoms with Crippen LogP contribution in [-0.2, 0) is 11.4 Å². The number of rotatable bonds is 4. The minimum atomic E-state index is -0.342. The van der Waals surface area contributed by atoms with Gasteiger partial charge in [0.25, 0.3) is 5.91 Å². The van der Waals surface area contributed by atoms with Crippen molar-refractivity contribution in [3.05, 3.63) is 66.4 Å². The number of carbonyl (C=O) groups excluding carboxylic acids is 1. The van der Waals surface area contributed by atoms with Crippen molar-refractivity contribution in [2.24, 2.45) is 10.7 Å². The predicted octanol–water partition coefficient (Wildman–Crippen LogP) is 5.37. The van der Waals surface area contributed by atoms with Crippen molar-refractivity contribution in [2.45, 2.75) is 6.61 Å². The average molecular weight is 503 g/mol. The van der Waals surface area contributed by atoms with Gasteiger partial charge in [0.05, 0.1) is 14.4 Å². The van der Waals surface area contributed by atoms with Crippen LogP contribution in [0.15, 0.2) is 55.2 Å². The van der Waals surface area contributed by atoms with Gasteiger partial charge in [0.15, 0.2) is 10.9 Å². The van der Waals surface area contributed by atoms with Crippen LogP contribution in [0.1, 0.15) is 11.1 Å². The molecule has 1 aliphatic rings. The summed E-state index contributed by atoms with van der Waals surface area (Å²) in [5.41, 5.74) is 7.33. The van der Waals surface area contributed by atoms with Crippen LogP contribution >= 0.6 is 55.2 Å². The molecule has 2 aromatic rings. The number of benzene rings is 2. The molecule has 3 rings (SSSR count). The molecule has 0 radical (unpaired) electrons. The summed E-state index contributed by atoms with van der Waals surface area (Å²) in [6.07, 6.45) is 1.70. The Bertz CT molecular complexity index is 875. The fourth-order valence-corrected chi connectivity index (χ4v) is 4.05. The van der Waals surface area contributed by atoms with Crippen LogP contribution in [0.2, 0.25) is 5.02 Å². The summed E-state index contributed by atoms with van der Waals surface area (Å²) in [5, 5.41) is 0.693. The Labute approximate surface area is 170 Å². The van der Waals surface area contributed by atoms with Crippen LogP contribution in [0.25, 0.3) is 6.08 Å². The highest BCUT2D eigenvalue weighted by molar-refractivity contribution is 9.10. The smallest absolute Gasteiger partial charge is 0.286 e. The average Bonchev–Trinajstić information content (AvgIpc) is 2.86. The van der Waals surface area contributed by atoms with Gasteiger partial charge in [0.1, 0.15) is 6.61 Å². The molecular formula is C17H11Br2ClN2O2S. The number of amides is 1. The molecule has 8 heteroatoms. The van der Waals surface area contributed by atoms with E-state index in [0.717, 1.165) is 27.4 Å². The topological polar surface area (TPSA) is 64.7 Å². The molecule has 0 aliphatic carbocycles. The number of thioether (sulfide) groups is 1. The highest BCUT2D eigenvalue weighted by atomic mass is 79.9. The molecule has 1 heterocycles. The van der Waals surface area contributed by atoms with Crippen LogP contribution < -0.4 is 10.5 Å². The lowest BCUT2D eigenvalue weighted by molar-refractivity contribution is -0.113. The summed E-state index contributed by atoms with van der Waals surface area (Å²) in [6.45, 7) is 0.394. The summed E-state index contributed by atoms with van der Waals surface area (Å²) in [5.74, 6) is 0.207. The number of halogens is 3. The Hall–Kier alpha value is -1.28. The van der Waals surface area contributed by atoms with Crippen molar-refractivity contribution in [2.75, 3.05) is 0 Å². The van der Waals surface area contributed by atoms with Crippen molar-refractivity contribution in [3.8, 4) is 5.75 Å². The van der Waals surface area contributed by atoms with E-state index in [-0.39, 0.29) is 11.1 Å². The monoisotopic (exact) mass is 500 g/mol. The van der Waals surface area contributed by atoms with Gasteiger partial charge in [-0.15, -0.1) is 0 Å². The van der Waals surface area contributed by atoms with E-state index in [1.807, 2.05) is 30.3 Å². The first kappa shape index (κ1) is 18.5. The lowest BCUT2D eigenvalue weighted by atomic mass is 10.2. The van der Waals surface area contributed by atoms with E-state index in [0.29, 0.717) is 26.8 Å². The molecule has 0 aromatic heterocycles. The number of hydrogen-bond acceptors (Lipinski definition) is 4. The van der Waals surface area contributed by atoms with Crippen molar-refractivity contribution in [3.63, 3.8) is 0 Å². The summed E-state index contributed by atoms with van der Waals surface area (Å²) < 4.78 is 7.54. The normalized spacial score (nSPS) is 15.6. The van der Waals surface area contributed by atoms with Crippen LogP contribution in [0, 0.1) is 0 Å². The zero-order valence-electron chi connectivity index (χ0n) is 12.6. The van der Waals surface area contributed by atoms with Gasteiger partial charge in [-0.3, -0.25) is 4.79 Å². The fraction of sp³-hybridized carbons (Fsp3) is 0.0588. The molecule has 128 valence electrons. The molecular weight excluding hydrogens is 492 g/mol. The number of ether oxygens (including phenoxy) is 1. The Morgan fingerprint density at radius 3 is 2.56 bits per heavy atom. The zero-order chi connectivity index (χ0) is 18.0. The van der Waals surface area contributed by atoms with Crippen LogP contribution in [0.4, 0.5) is 0 Å². The number of amidine groups is 1. The Morgan fingerprint density at radius 1 is 1.24 bits per heavy atom. The first-order chi connectivity index (χ1) is 11.9. The summed E-state index contributed by atoms with van der Waals surface area (Å²) in [7, 11) is 0. The maximum absolute atomic E-state index is 11.7. The standard InChI is InChI=1S/C17H11Br2ClN2O2S/c18-11-3-1-9(2-4-11)8-24-15-12(19)5-10(6-13(15)20)7-14-16(23)22-17(21)25-14/h1-7H,8H2,(H2,21,22,23). The van der Waals surface area contributed by atoms with Crippen LogP contribution in [-0.4, -0.2) is 11.1 Å². The second-order valence-corrected chi connectivity index (χ2v) is 8.33. The second-order valence-electron chi connectivity index (χ2n) is 5.09. The first-order valence-electron chi connectivity index (χ1n) is 7.06. The van der Waals surface area contributed by atoms with Crippen molar-refractivity contribution in [1.29, 1.82) is 0 Å². The minimum Gasteiger partial charge on any atom is -0.486 e. The molecule has 1 amide bonds. The summed E-state index contributed by atoms with van der Waals surface area (Å²) in [4.78, 5) is 15.8. The quantitative estimate of drug-likeness (QED) is 0.571. The van der Waals surface area contributed by atoms with Crippen molar-refractivity contribution >= 4 is 72.4 Å². The number of carbonyl (C=O) groups is 1. The molecule has 0 atom stereocenters. The van der Waals surface area contributed by atoms with Gasteiger partial charge in [0.2, 0.25) is 0 Å². The van der Waals surface area contributed by atoms with Gasteiger partial charge >= 0.3 is 0 Å². The molecule has 0 unspecified atom stereocenters. The zero-order valence-corrected chi connectivity index (χ0v) is 17.4. The van der Waals surface area contributed by atoms with Gasteiger partial charge < -0.3 is 10.5 Å². The molecule has 0 saturated carbocycles. The van der Waals surface area contributed by atoms with Gasteiger partial charge in [-0.1, -0.05) is 39.7 Å². The number of nitrogens with two attached hydrogens (primary N) is 1. The molecule has 2 N–H and O–H groups in total. The Balaban J connectivity index is 1.77. The Morgan fingerprint density at radius 2 is 1.96 bits per heavy atom. The van der Waals surface area contributed by atoms with E-state index in [4.69, 9.17) is 22.1 Å². The number of nitrogens with zero attached hydrogens (tertiary/aromatic N) is 1. The fourth-order valence-electron chi connectivity index (χ4n) is 2.11. The van der Waals surface area contributed by atoms with Crippen LogP contribution in [0.3, 0.4) is 0 Å². The summed E-state index contributed by atoms with van der Waals surface area (Å²) in [6, 6.07) is 11.4. The number of hydrogen-bond donors (Lipinski definition) is 1. The van der Waals surface area contributed by atoms with Gasteiger partial charge in [-0.2, -0.15) is 4.99 Å². The van der Waals surface area contributed by atoms with Gasteiger partial charge in [-0.25, -0.2) is 0 Å². The van der Waals surface area contributed by atoms with Gasteiger partial charge in [0, 0.05) is 4.47 Å². The highest BCUT2D eigenvalue weighted by Crippen LogP contribution is 2.37. The molecule has 0 saturated heterocycles. The predicted molar refractivity (Wildman–Crippen MR) is 110 cm³/mol. The minimum absolute atomic E-state index is 0.246. The maximum atomic E-state index is 11.7. The number of aliphatic imine (C=N–C) groups is 1.